The highest BCUT2D eigenvalue weighted by Gasteiger charge is 2.49. The maximum atomic E-state index is 12.2. The number of amides is 1. The third-order valence-corrected chi connectivity index (χ3v) is 4.02. The van der Waals surface area contributed by atoms with Crippen molar-refractivity contribution >= 4 is 11.7 Å². The van der Waals surface area contributed by atoms with Crippen LogP contribution in [0.1, 0.15) is 37.6 Å². The lowest BCUT2D eigenvalue weighted by molar-refractivity contribution is -0.111. The van der Waals surface area contributed by atoms with Crippen LogP contribution in [0, 0.1) is 5.41 Å². The zero-order valence-corrected chi connectivity index (χ0v) is 12.1. The van der Waals surface area contributed by atoms with Crippen molar-refractivity contribution < 1.29 is 9.53 Å². The molecule has 6 nitrogen and oxygen atoms in total. The number of nitrogens with one attached hydrogen (secondary N) is 2. The number of anilines is 1. The molecule has 1 aromatic heterocycles. The monoisotopic (exact) mass is 278 g/mol. The molecule has 0 radical (unpaired) electrons. The molecule has 1 aromatic rings. The van der Waals surface area contributed by atoms with Crippen molar-refractivity contribution in [2.24, 2.45) is 11.3 Å². The second-order valence-corrected chi connectivity index (χ2v) is 5.60. The van der Waals surface area contributed by atoms with Crippen LogP contribution in [0.2, 0.25) is 0 Å². The highest BCUT2D eigenvalue weighted by Crippen LogP contribution is 2.42. The summed E-state index contributed by atoms with van der Waals surface area (Å²) in [6, 6.07) is 3.41. The van der Waals surface area contributed by atoms with Gasteiger partial charge < -0.3 is 15.5 Å². The van der Waals surface area contributed by atoms with Gasteiger partial charge in [-0.05, 0) is 25.5 Å². The van der Waals surface area contributed by atoms with Crippen LogP contribution < -0.4 is 16.6 Å². The topological polar surface area (TPSA) is 89.3 Å². The number of hydrogen-bond donors (Lipinski definition) is 3. The van der Waals surface area contributed by atoms with Gasteiger partial charge in [0.05, 0.1) is 6.10 Å². The average Bonchev–Trinajstić information content (AvgIpc) is 2.46. The lowest BCUT2D eigenvalue weighted by Crippen LogP contribution is -2.62. The number of pyridine rings is 1. The number of hydrazine groups is 1. The molecule has 2 unspecified atom stereocenters. The van der Waals surface area contributed by atoms with E-state index in [4.69, 9.17) is 10.6 Å². The van der Waals surface area contributed by atoms with Gasteiger partial charge in [0, 0.05) is 29.8 Å². The highest BCUT2D eigenvalue weighted by molar-refractivity contribution is 5.95. The maximum absolute atomic E-state index is 12.2. The third kappa shape index (κ3) is 2.76. The number of aromatic nitrogens is 1. The van der Waals surface area contributed by atoms with E-state index in [1.54, 1.807) is 18.3 Å². The fourth-order valence-corrected chi connectivity index (χ4v) is 2.51. The van der Waals surface area contributed by atoms with Gasteiger partial charge in [-0.15, -0.1) is 0 Å². The van der Waals surface area contributed by atoms with Crippen LogP contribution >= 0.6 is 0 Å². The largest absolute Gasteiger partial charge is 0.378 e. The van der Waals surface area contributed by atoms with E-state index in [1.807, 2.05) is 6.92 Å². The van der Waals surface area contributed by atoms with Crippen LogP contribution in [0.4, 0.5) is 5.82 Å². The van der Waals surface area contributed by atoms with Gasteiger partial charge in [-0.1, -0.05) is 13.8 Å². The molecule has 20 heavy (non-hydrogen) atoms. The summed E-state index contributed by atoms with van der Waals surface area (Å²) in [6.45, 7) is 6.91. The summed E-state index contributed by atoms with van der Waals surface area (Å²) in [5.74, 6) is 5.65. The molecule has 0 saturated heterocycles. The molecule has 0 bridgehead atoms. The minimum Gasteiger partial charge on any atom is -0.378 e. The first-order valence-electron chi connectivity index (χ1n) is 6.84. The van der Waals surface area contributed by atoms with Crippen molar-refractivity contribution in [2.45, 2.75) is 39.3 Å². The molecule has 1 aliphatic rings. The first kappa shape index (κ1) is 14.7. The number of carbonyl (C=O) groups excluding carboxylic acids is 1. The Morgan fingerprint density at radius 3 is 2.95 bits per heavy atom. The number of rotatable bonds is 5. The molecule has 1 saturated carbocycles. The average molecular weight is 278 g/mol. The zero-order chi connectivity index (χ0) is 14.8. The van der Waals surface area contributed by atoms with Gasteiger partial charge in [0.2, 0.25) is 0 Å². The van der Waals surface area contributed by atoms with Crippen LogP contribution in [0.25, 0.3) is 0 Å². The van der Waals surface area contributed by atoms with E-state index in [2.05, 4.69) is 29.6 Å². The minimum atomic E-state index is -0.114. The molecule has 1 amide bonds. The van der Waals surface area contributed by atoms with Gasteiger partial charge >= 0.3 is 0 Å². The van der Waals surface area contributed by atoms with Crippen molar-refractivity contribution in [3.8, 4) is 0 Å². The molecule has 1 fully saturated rings. The molecule has 0 aliphatic heterocycles. The van der Waals surface area contributed by atoms with Crippen molar-refractivity contribution in [1.29, 1.82) is 0 Å². The van der Waals surface area contributed by atoms with Crippen LogP contribution in [0.5, 0.6) is 0 Å². The molecular weight excluding hydrogens is 256 g/mol. The van der Waals surface area contributed by atoms with E-state index < -0.39 is 0 Å². The normalized spacial score (nSPS) is 23.8. The molecule has 1 aliphatic carbocycles. The standard InChI is InChI=1S/C14H22N4O2/c1-4-20-11-8-10(14(11,2)3)17-13(19)9-5-6-16-12(7-9)18-15/h5-7,10-11H,4,8,15H2,1-3H3,(H,16,18)(H,17,19). The number of carbonyl (C=O) groups is 1. The third-order valence-electron chi connectivity index (χ3n) is 4.02. The Labute approximate surface area is 119 Å². The van der Waals surface area contributed by atoms with Crippen molar-refractivity contribution in [3.05, 3.63) is 23.9 Å². The summed E-state index contributed by atoms with van der Waals surface area (Å²) < 4.78 is 5.66. The van der Waals surface area contributed by atoms with Crippen LogP contribution in [0.15, 0.2) is 18.3 Å². The predicted molar refractivity (Wildman–Crippen MR) is 77.1 cm³/mol. The van der Waals surface area contributed by atoms with Crippen molar-refractivity contribution in [3.63, 3.8) is 0 Å². The van der Waals surface area contributed by atoms with Crippen LogP contribution in [-0.4, -0.2) is 29.6 Å². The van der Waals surface area contributed by atoms with E-state index in [1.165, 1.54) is 0 Å². The Morgan fingerprint density at radius 2 is 2.35 bits per heavy atom. The number of nitrogens with zero attached hydrogens (tertiary/aromatic N) is 1. The molecule has 4 N–H and O–H groups in total. The van der Waals surface area contributed by atoms with E-state index in [0.29, 0.717) is 18.0 Å². The van der Waals surface area contributed by atoms with Gasteiger partial charge in [-0.2, -0.15) is 0 Å². The van der Waals surface area contributed by atoms with Gasteiger partial charge in [0.1, 0.15) is 5.82 Å². The number of nitrogens with two attached hydrogens (primary N) is 1. The summed E-state index contributed by atoms with van der Waals surface area (Å²) >= 11 is 0. The quantitative estimate of drug-likeness (QED) is 0.558. The van der Waals surface area contributed by atoms with E-state index in [0.717, 1.165) is 6.42 Å². The maximum Gasteiger partial charge on any atom is 0.251 e. The number of hydrogen-bond acceptors (Lipinski definition) is 5. The van der Waals surface area contributed by atoms with Crippen molar-refractivity contribution in [1.82, 2.24) is 10.3 Å². The smallest absolute Gasteiger partial charge is 0.251 e. The fraction of sp³-hybridized carbons (Fsp3) is 0.571. The summed E-state index contributed by atoms with van der Waals surface area (Å²) in [5.41, 5.74) is 2.93. The summed E-state index contributed by atoms with van der Waals surface area (Å²) in [7, 11) is 0. The second kappa shape index (κ2) is 5.76. The van der Waals surface area contributed by atoms with E-state index in [-0.39, 0.29) is 23.5 Å². The zero-order valence-electron chi connectivity index (χ0n) is 12.1. The molecule has 0 spiro atoms. The molecule has 2 atom stereocenters. The molecule has 1 heterocycles. The molecule has 6 heteroatoms. The van der Waals surface area contributed by atoms with Crippen LogP contribution in [0.3, 0.4) is 0 Å². The number of ether oxygens (including phenoxy) is 1. The summed E-state index contributed by atoms with van der Waals surface area (Å²) in [4.78, 5) is 16.2. The molecular formula is C14H22N4O2. The van der Waals surface area contributed by atoms with Gasteiger partial charge in [0.25, 0.3) is 5.91 Å². The number of nitrogen functional groups attached to an aromatic ring is 1. The lowest BCUT2D eigenvalue weighted by Gasteiger charge is -2.51. The molecule has 0 aromatic carbocycles. The first-order valence-corrected chi connectivity index (χ1v) is 6.84. The second-order valence-electron chi connectivity index (χ2n) is 5.60. The Bertz CT molecular complexity index is 490. The SMILES string of the molecule is CCOC1CC(NC(=O)c2ccnc(NN)c2)C1(C)C. The van der Waals surface area contributed by atoms with Gasteiger partial charge in [0.15, 0.2) is 0 Å². The first-order chi connectivity index (χ1) is 9.48. The van der Waals surface area contributed by atoms with Gasteiger partial charge in [-0.25, -0.2) is 10.8 Å². The van der Waals surface area contributed by atoms with Gasteiger partial charge in [-0.3, -0.25) is 4.79 Å². The molecule has 110 valence electrons. The minimum absolute atomic E-state index is 0.0480. The predicted octanol–water partition coefficient (Wildman–Crippen LogP) is 1.30. The van der Waals surface area contributed by atoms with E-state index in [9.17, 15) is 4.79 Å². The molecule has 2 rings (SSSR count). The van der Waals surface area contributed by atoms with Crippen LogP contribution in [-0.2, 0) is 4.74 Å². The lowest BCUT2D eigenvalue weighted by atomic mass is 9.64. The Kier molecular flexibility index (Phi) is 4.25. The van der Waals surface area contributed by atoms with E-state index >= 15 is 0 Å². The van der Waals surface area contributed by atoms with Crippen molar-refractivity contribution in [2.75, 3.05) is 12.0 Å². The fourth-order valence-electron chi connectivity index (χ4n) is 2.51. The summed E-state index contributed by atoms with van der Waals surface area (Å²) in [6.07, 6.45) is 2.61. The Morgan fingerprint density at radius 1 is 1.60 bits per heavy atom. The Balaban J connectivity index is 1.99. The highest BCUT2D eigenvalue weighted by atomic mass is 16.5. The Hall–Kier alpha value is -1.66. The summed E-state index contributed by atoms with van der Waals surface area (Å²) in [5, 5.41) is 3.05.